The van der Waals surface area contributed by atoms with Crippen LogP contribution in [-0.4, -0.2) is 50.1 Å². The lowest BCUT2D eigenvalue weighted by molar-refractivity contribution is 0.0942. The second kappa shape index (κ2) is 8.97. The summed E-state index contributed by atoms with van der Waals surface area (Å²) in [6.45, 7) is 4.93. The largest absolute Gasteiger partial charge is 0.352 e. The van der Waals surface area contributed by atoms with E-state index in [0.29, 0.717) is 25.1 Å². The molecule has 0 aromatic heterocycles. The normalized spacial score (nSPS) is 15.2. The van der Waals surface area contributed by atoms with Gasteiger partial charge >= 0.3 is 0 Å². The molecule has 0 atom stereocenters. The predicted molar refractivity (Wildman–Crippen MR) is 79.8 cm³/mol. The molecule has 2 rings (SSSR count). The zero-order valence-electron chi connectivity index (χ0n) is 12.0. The second-order valence-electron chi connectivity index (χ2n) is 4.95. The molecule has 1 heterocycles. The average Bonchev–Trinajstić information content (AvgIpc) is 2.43. The minimum absolute atomic E-state index is 0. The lowest BCUT2D eigenvalue weighted by atomic mass is 10.1. The van der Waals surface area contributed by atoms with Crippen molar-refractivity contribution in [2.75, 3.05) is 39.3 Å². The molecule has 1 aromatic carbocycles. The maximum absolute atomic E-state index is 13.4. The predicted octanol–water partition coefficient (Wildman–Crippen LogP) is 1.55. The van der Waals surface area contributed by atoms with E-state index in [9.17, 15) is 18.0 Å². The van der Waals surface area contributed by atoms with Crippen LogP contribution in [0.3, 0.4) is 0 Å². The quantitative estimate of drug-likeness (QED) is 0.801. The number of amides is 1. The van der Waals surface area contributed by atoms with Crippen molar-refractivity contribution >= 4 is 18.3 Å². The van der Waals surface area contributed by atoms with Gasteiger partial charge in [-0.05, 0) is 13.0 Å². The maximum Gasteiger partial charge on any atom is 0.257 e. The molecule has 0 spiro atoms. The molecule has 1 fully saturated rings. The van der Waals surface area contributed by atoms with Crippen LogP contribution in [0, 0.1) is 17.5 Å². The van der Waals surface area contributed by atoms with Crippen LogP contribution in [0.1, 0.15) is 16.8 Å². The highest BCUT2D eigenvalue weighted by Crippen LogP contribution is 2.14. The minimum Gasteiger partial charge on any atom is -0.352 e. The van der Waals surface area contributed by atoms with Gasteiger partial charge in [-0.15, -0.1) is 12.4 Å². The van der Waals surface area contributed by atoms with Crippen LogP contribution in [-0.2, 0) is 0 Å². The summed E-state index contributed by atoms with van der Waals surface area (Å²) in [5.41, 5.74) is -0.737. The van der Waals surface area contributed by atoms with Gasteiger partial charge in [0.1, 0.15) is 23.0 Å². The van der Waals surface area contributed by atoms with E-state index in [2.05, 4.69) is 15.5 Å². The minimum atomic E-state index is -1.19. The fourth-order valence-electron chi connectivity index (χ4n) is 2.29. The highest BCUT2D eigenvalue weighted by atomic mass is 35.5. The molecule has 1 amide bonds. The molecule has 1 aromatic rings. The van der Waals surface area contributed by atoms with Crippen LogP contribution in [0.4, 0.5) is 13.2 Å². The number of halogens is 4. The van der Waals surface area contributed by atoms with Crippen molar-refractivity contribution in [2.24, 2.45) is 0 Å². The third kappa shape index (κ3) is 5.15. The van der Waals surface area contributed by atoms with E-state index >= 15 is 0 Å². The summed E-state index contributed by atoms with van der Waals surface area (Å²) < 4.78 is 39.6. The van der Waals surface area contributed by atoms with Gasteiger partial charge < -0.3 is 15.5 Å². The number of nitrogens with one attached hydrogen (secondary N) is 2. The van der Waals surface area contributed by atoms with E-state index in [1.807, 2.05) is 0 Å². The number of hydrogen-bond acceptors (Lipinski definition) is 3. The van der Waals surface area contributed by atoms with Crippen LogP contribution < -0.4 is 10.6 Å². The van der Waals surface area contributed by atoms with Crippen molar-refractivity contribution in [3.8, 4) is 0 Å². The summed E-state index contributed by atoms with van der Waals surface area (Å²) >= 11 is 0. The molecule has 0 bridgehead atoms. The number of benzene rings is 1. The lowest BCUT2D eigenvalue weighted by Crippen LogP contribution is -2.44. The summed E-state index contributed by atoms with van der Waals surface area (Å²) in [5.74, 6) is -4.27. The van der Waals surface area contributed by atoms with Crippen LogP contribution in [0.5, 0.6) is 0 Å². The van der Waals surface area contributed by atoms with Crippen molar-refractivity contribution in [1.29, 1.82) is 0 Å². The first-order valence-corrected chi connectivity index (χ1v) is 6.94. The molecule has 0 saturated carbocycles. The summed E-state index contributed by atoms with van der Waals surface area (Å²) in [7, 11) is 0. The Labute approximate surface area is 133 Å². The number of carbonyl (C=O) groups excluding carboxylic acids is 1. The molecule has 0 radical (unpaired) electrons. The summed E-state index contributed by atoms with van der Waals surface area (Å²) in [5, 5.41) is 5.69. The Hall–Kier alpha value is -1.31. The average molecular weight is 338 g/mol. The number of piperazine rings is 1. The topological polar surface area (TPSA) is 44.4 Å². The van der Waals surface area contributed by atoms with Gasteiger partial charge in [-0.2, -0.15) is 0 Å². The van der Waals surface area contributed by atoms with Crippen molar-refractivity contribution < 1.29 is 18.0 Å². The smallest absolute Gasteiger partial charge is 0.257 e. The van der Waals surface area contributed by atoms with E-state index in [-0.39, 0.29) is 12.4 Å². The van der Waals surface area contributed by atoms with Crippen molar-refractivity contribution in [3.63, 3.8) is 0 Å². The Morgan fingerprint density at radius 3 is 2.36 bits per heavy atom. The molecule has 1 saturated heterocycles. The summed E-state index contributed by atoms with van der Waals surface area (Å²) in [6, 6.07) is 0.997. The summed E-state index contributed by atoms with van der Waals surface area (Å²) in [6.07, 6.45) is 0.691. The maximum atomic E-state index is 13.4. The van der Waals surface area contributed by atoms with Gasteiger partial charge in [0, 0.05) is 44.9 Å². The Bertz CT molecular complexity index is 487. The molecule has 0 aliphatic carbocycles. The molecule has 22 heavy (non-hydrogen) atoms. The Morgan fingerprint density at radius 2 is 1.77 bits per heavy atom. The van der Waals surface area contributed by atoms with Crippen LogP contribution in [0.25, 0.3) is 0 Å². The van der Waals surface area contributed by atoms with E-state index in [0.717, 1.165) is 32.7 Å². The third-order valence-electron chi connectivity index (χ3n) is 3.38. The van der Waals surface area contributed by atoms with E-state index < -0.39 is 28.9 Å². The molecule has 124 valence electrons. The van der Waals surface area contributed by atoms with Crippen LogP contribution in [0.15, 0.2) is 12.1 Å². The van der Waals surface area contributed by atoms with Gasteiger partial charge in [0.2, 0.25) is 0 Å². The van der Waals surface area contributed by atoms with Gasteiger partial charge in [-0.25, -0.2) is 13.2 Å². The fraction of sp³-hybridized carbons (Fsp3) is 0.500. The van der Waals surface area contributed by atoms with Crippen molar-refractivity contribution in [1.82, 2.24) is 15.5 Å². The SMILES string of the molecule is Cl.O=C(NCCCN1CCNCC1)c1c(F)cc(F)cc1F. The monoisotopic (exact) mass is 337 g/mol. The zero-order valence-corrected chi connectivity index (χ0v) is 12.8. The number of nitrogens with zero attached hydrogens (tertiary/aromatic N) is 1. The number of carbonyl (C=O) groups is 1. The van der Waals surface area contributed by atoms with E-state index in [1.54, 1.807) is 0 Å². The third-order valence-corrected chi connectivity index (χ3v) is 3.38. The molecule has 1 aliphatic rings. The number of rotatable bonds is 5. The first kappa shape index (κ1) is 18.7. The molecule has 1 aliphatic heterocycles. The Balaban J connectivity index is 0.00000242. The molecular formula is C14H19ClF3N3O. The lowest BCUT2D eigenvalue weighted by Gasteiger charge is -2.27. The van der Waals surface area contributed by atoms with E-state index in [4.69, 9.17) is 0 Å². The first-order valence-electron chi connectivity index (χ1n) is 6.94. The molecule has 2 N–H and O–H groups in total. The van der Waals surface area contributed by atoms with Gasteiger partial charge in [0.05, 0.1) is 0 Å². The van der Waals surface area contributed by atoms with Gasteiger partial charge in [0.25, 0.3) is 5.91 Å². The van der Waals surface area contributed by atoms with E-state index in [1.165, 1.54) is 0 Å². The first-order chi connectivity index (χ1) is 10.1. The standard InChI is InChI=1S/C14H18F3N3O.ClH/c15-10-8-11(16)13(12(17)9-10)14(21)19-2-1-5-20-6-3-18-4-7-20;/h8-9,18H,1-7H2,(H,19,21);1H. The van der Waals surface area contributed by atoms with Gasteiger partial charge in [-0.1, -0.05) is 0 Å². The van der Waals surface area contributed by atoms with Crippen molar-refractivity contribution in [2.45, 2.75) is 6.42 Å². The highest BCUT2D eigenvalue weighted by Gasteiger charge is 2.18. The van der Waals surface area contributed by atoms with Gasteiger partial charge in [0.15, 0.2) is 0 Å². The van der Waals surface area contributed by atoms with Crippen molar-refractivity contribution in [3.05, 3.63) is 35.1 Å². The molecular weight excluding hydrogens is 319 g/mol. The van der Waals surface area contributed by atoms with Crippen LogP contribution in [0.2, 0.25) is 0 Å². The molecule has 0 unspecified atom stereocenters. The fourth-order valence-corrected chi connectivity index (χ4v) is 2.29. The summed E-state index contributed by atoms with van der Waals surface area (Å²) in [4.78, 5) is 14.0. The highest BCUT2D eigenvalue weighted by molar-refractivity contribution is 5.94. The molecule has 4 nitrogen and oxygen atoms in total. The van der Waals surface area contributed by atoms with Gasteiger partial charge in [-0.3, -0.25) is 4.79 Å². The second-order valence-corrected chi connectivity index (χ2v) is 4.95. The Morgan fingerprint density at radius 1 is 1.18 bits per heavy atom. The molecule has 8 heteroatoms. The zero-order chi connectivity index (χ0) is 15.2. The Kier molecular flexibility index (Phi) is 7.64. The number of hydrogen-bond donors (Lipinski definition) is 2. The van der Waals surface area contributed by atoms with Crippen LogP contribution >= 0.6 is 12.4 Å².